The predicted molar refractivity (Wildman–Crippen MR) is 56.1 cm³/mol. The maximum absolute atomic E-state index is 5.08. The highest BCUT2D eigenvalue weighted by molar-refractivity contribution is 7.80. The molecule has 2 unspecified atom stereocenters. The molecule has 0 saturated heterocycles. The summed E-state index contributed by atoms with van der Waals surface area (Å²) in [7, 11) is 0. The van der Waals surface area contributed by atoms with Crippen molar-refractivity contribution >= 4 is 17.3 Å². The fraction of sp³-hybridized carbons (Fsp3) is 0.667. The molecule has 2 N–H and O–H groups in total. The Labute approximate surface area is 79.4 Å². The van der Waals surface area contributed by atoms with Gasteiger partial charge in [0.05, 0.1) is 0 Å². The molecule has 68 valence electrons. The maximum Gasteiger partial charge on any atom is 0.166 e. The Bertz CT molecular complexity index is 201. The first kappa shape index (κ1) is 9.52. The van der Waals surface area contributed by atoms with Crippen LogP contribution in [-0.4, -0.2) is 17.7 Å². The minimum absolute atomic E-state index is 0.607. The van der Waals surface area contributed by atoms with Gasteiger partial charge in [0.2, 0.25) is 0 Å². The number of rotatable bonds is 3. The third-order valence-electron chi connectivity index (χ3n) is 1.98. The van der Waals surface area contributed by atoms with Crippen LogP contribution in [0.5, 0.6) is 0 Å². The van der Waals surface area contributed by atoms with Crippen molar-refractivity contribution < 1.29 is 0 Å². The molecule has 0 bridgehead atoms. The Balaban J connectivity index is 2.08. The zero-order chi connectivity index (χ0) is 9.14. The number of thiocarbonyl (C=S) groups is 1. The van der Waals surface area contributed by atoms with Crippen LogP contribution in [0.1, 0.15) is 20.3 Å². The van der Waals surface area contributed by atoms with Crippen LogP contribution < -0.4 is 10.6 Å². The predicted octanol–water partition coefficient (Wildman–Crippen LogP) is 1.43. The van der Waals surface area contributed by atoms with Crippen LogP contribution in [0, 0.1) is 5.92 Å². The molecule has 0 radical (unpaired) electrons. The normalized spacial score (nSPS) is 26.2. The standard InChI is InChI=1S/C9H16N2S/c1-6(2)5-10-9(12)11-8-4-7(8)3/h7-8H,1,4-5H2,2-3H3,(H2,10,11,12). The van der Waals surface area contributed by atoms with E-state index in [1.54, 1.807) is 0 Å². The average molecular weight is 184 g/mol. The van der Waals surface area contributed by atoms with Gasteiger partial charge in [-0.1, -0.05) is 19.1 Å². The summed E-state index contributed by atoms with van der Waals surface area (Å²) in [6, 6.07) is 0.607. The first-order valence-electron chi connectivity index (χ1n) is 4.28. The highest BCUT2D eigenvalue weighted by atomic mass is 32.1. The molecular formula is C9H16N2S. The second-order valence-electron chi connectivity index (χ2n) is 3.60. The second kappa shape index (κ2) is 3.90. The highest BCUT2D eigenvalue weighted by Gasteiger charge is 2.32. The van der Waals surface area contributed by atoms with Gasteiger partial charge in [0.15, 0.2) is 5.11 Å². The summed E-state index contributed by atoms with van der Waals surface area (Å²) in [4.78, 5) is 0. The van der Waals surface area contributed by atoms with Gasteiger partial charge in [0.1, 0.15) is 0 Å². The molecule has 0 amide bonds. The minimum atomic E-state index is 0.607. The SMILES string of the molecule is C=C(C)CNC(=S)NC1CC1C. The maximum atomic E-state index is 5.08. The van der Waals surface area contributed by atoms with Gasteiger partial charge in [-0.2, -0.15) is 0 Å². The highest BCUT2D eigenvalue weighted by Crippen LogP contribution is 2.28. The zero-order valence-corrected chi connectivity index (χ0v) is 8.50. The molecule has 0 heterocycles. The van der Waals surface area contributed by atoms with Crippen molar-refractivity contribution in [1.29, 1.82) is 0 Å². The van der Waals surface area contributed by atoms with Crippen LogP contribution >= 0.6 is 12.2 Å². The van der Waals surface area contributed by atoms with Gasteiger partial charge >= 0.3 is 0 Å². The number of nitrogens with one attached hydrogen (secondary N) is 2. The Morgan fingerprint density at radius 2 is 2.25 bits per heavy atom. The van der Waals surface area contributed by atoms with E-state index in [0.717, 1.165) is 23.1 Å². The van der Waals surface area contributed by atoms with Crippen molar-refractivity contribution in [2.24, 2.45) is 5.92 Å². The van der Waals surface area contributed by atoms with Crippen molar-refractivity contribution in [2.75, 3.05) is 6.54 Å². The molecule has 1 saturated carbocycles. The summed E-state index contributed by atoms with van der Waals surface area (Å²) in [5.74, 6) is 0.787. The molecule has 3 heteroatoms. The van der Waals surface area contributed by atoms with Gasteiger partial charge in [-0.15, -0.1) is 0 Å². The molecule has 0 spiro atoms. The Morgan fingerprint density at radius 1 is 1.67 bits per heavy atom. The van der Waals surface area contributed by atoms with Crippen molar-refractivity contribution in [3.05, 3.63) is 12.2 Å². The lowest BCUT2D eigenvalue weighted by Gasteiger charge is -2.09. The van der Waals surface area contributed by atoms with E-state index in [1.165, 1.54) is 6.42 Å². The molecule has 0 aromatic rings. The summed E-state index contributed by atoms with van der Waals surface area (Å²) >= 11 is 5.08. The van der Waals surface area contributed by atoms with Crippen LogP contribution in [-0.2, 0) is 0 Å². The molecule has 2 atom stereocenters. The molecule has 1 fully saturated rings. The largest absolute Gasteiger partial charge is 0.360 e. The lowest BCUT2D eigenvalue weighted by molar-refractivity contribution is 0.792. The van der Waals surface area contributed by atoms with E-state index in [-0.39, 0.29) is 0 Å². The fourth-order valence-electron chi connectivity index (χ4n) is 0.974. The summed E-state index contributed by atoms with van der Waals surface area (Å²) in [5.41, 5.74) is 1.10. The monoisotopic (exact) mass is 184 g/mol. The summed E-state index contributed by atoms with van der Waals surface area (Å²) in [5, 5.41) is 7.09. The van der Waals surface area contributed by atoms with E-state index in [4.69, 9.17) is 12.2 Å². The summed E-state index contributed by atoms with van der Waals surface area (Å²) in [6.45, 7) is 8.76. The molecular weight excluding hydrogens is 168 g/mol. The van der Waals surface area contributed by atoms with Crippen LogP contribution in [0.3, 0.4) is 0 Å². The van der Waals surface area contributed by atoms with Gasteiger partial charge in [0.25, 0.3) is 0 Å². The lowest BCUT2D eigenvalue weighted by atomic mass is 10.3. The second-order valence-corrected chi connectivity index (χ2v) is 4.01. The van der Waals surface area contributed by atoms with Gasteiger partial charge < -0.3 is 10.6 Å². The zero-order valence-electron chi connectivity index (χ0n) is 7.68. The number of hydrogen-bond acceptors (Lipinski definition) is 1. The summed E-state index contributed by atoms with van der Waals surface area (Å²) in [6.07, 6.45) is 1.24. The number of hydrogen-bond donors (Lipinski definition) is 2. The van der Waals surface area contributed by atoms with Crippen molar-refractivity contribution in [3.8, 4) is 0 Å². The molecule has 0 aliphatic heterocycles. The molecule has 12 heavy (non-hydrogen) atoms. The van der Waals surface area contributed by atoms with Gasteiger partial charge in [0, 0.05) is 12.6 Å². The van der Waals surface area contributed by atoms with E-state index in [1.807, 2.05) is 6.92 Å². The van der Waals surface area contributed by atoms with Gasteiger partial charge in [-0.25, -0.2) is 0 Å². The van der Waals surface area contributed by atoms with Crippen LogP contribution in [0.25, 0.3) is 0 Å². The molecule has 1 aliphatic rings. The van der Waals surface area contributed by atoms with Gasteiger partial charge in [-0.3, -0.25) is 0 Å². The lowest BCUT2D eigenvalue weighted by Crippen LogP contribution is -2.37. The Morgan fingerprint density at radius 3 is 2.67 bits per heavy atom. The van der Waals surface area contributed by atoms with E-state index in [2.05, 4.69) is 24.1 Å². The van der Waals surface area contributed by atoms with Gasteiger partial charge in [-0.05, 0) is 31.5 Å². The molecule has 2 nitrogen and oxygen atoms in total. The smallest absolute Gasteiger partial charge is 0.166 e. The summed E-state index contributed by atoms with van der Waals surface area (Å²) < 4.78 is 0. The first-order chi connectivity index (χ1) is 5.59. The van der Waals surface area contributed by atoms with Crippen molar-refractivity contribution in [3.63, 3.8) is 0 Å². The fourth-order valence-corrected chi connectivity index (χ4v) is 1.20. The minimum Gasteiger partial charge on any atom is -0.360 e. The van der Waals surface area contributed by atoms with Crippen LogP contribution in [0.2, 0.25) is 0 Å². The van der Waals surface area contributed by atoms with E-state index in [0.29, 0.717) is 6.04 Å². The molecule has 1 rings (SSSR count). The molecule has 0 aromatic carbocycles. The molecule has 0 aromatic heterocycles. The van der Waals surface area contributed by atoms with E-state index < -0.39 is 0 Å². The van der Waals surface area contributed by atoms with Crippen LogP contribution in [0.4, 0.5) is 0 Å². The third-order valence-corrected chi connectivity index (χ3v) is 2.24. The van der Waals surface area contributed by atoms with Crippen LogP contribution in [0.15, 0.2) is 12.2 Å². The van der Waals surface area contributed by atoms with E-state index >= 15 is 0 Å². The van der Waals surface area contributed by atoms with Crippen molar-refractivity contribution in [2.45, 2.75) is 26.3 Å². The average Bonchev–Trinajstić information content (AvgIpc) is 2.62. The molecule has 1 aliphatic carbocycles. The topological polar surface area (TPSA) is 24.1 Å². The Kier molecular flexibility index (Phi) is 3.09. The van der Waals surface area contributed by atoms with E-state index in [9.17, 15) is 0 Å². The van der Waals surface area contributed by atoms with Crippen molar-refractivity contribution in [1.82, 2.24) is 10.6 Å². The first-order valence-corrected chi connectivity index (χ1v) is 4.69. The Hall–Kier alpha value is -0.570. The quantitative estimate of drug-likeness (QED) is 0.512. The third kappa shape index (κ3) is 3.22.